The van der Waals surface area contributed by atoms with E-state index in [-0.39, 0.29) is 12.1 Å². The van der Waals surface area contributed by atoms with Crippen molar-refractivity contribution >= 4 is 23.0 Å². The van der Waals surface area contributed by atoms with Crippen molar-refractivity contribution in [3.05, 3.63) is 107 Å². The van der Waals surface area contributed by atoms with Gasteiger partial charge in [-0.25, -0.2) is 4.98 Å². The van der Waals surface area contributed by atoms with Gasteiger partial charge in [-0.05, 0) is 86.9 Å². The Morgan fingerprint density at radius 3 is 2.47 bits per heavy atom. The molecule has 0 spiro atoms. The number of benzene rings is 1. The van der Waals surface area contributed by atoms with Crippen LogP contribution in [0.25, 0.3) is 5.82 Å². The van der Waals surface area contributed by atoms with E-state index in [1.165, 1.54) is 11.3 Å². The second-order valence-electron chi connectivity index (χ2n) is 9.27. The molecule has 5 rings (SSSR count). The summed E-state index contributed by atoms with van der Waals surface area (Å²) in [5.41, 5.74) is 6.87. The van der Waals surface area contributed by atoms with Crippen LogP contribution in [0.2, 0.25) is 0 Å². The summed E-state index contributed by atoms with van der Waals surface area (Å²) in [7, 11) is 0. The summed E-state index contributed by atoms with van der Waals surface area (Å²) in [4.78, 5) is 11.7. The molecule has 2 N–H and O–H groups in total. The monoisotopic (exact) mass is 496 g/mol. The predicted octanol–water partition coefficient (Wildman–Crippen LogP) is 5.67. The van der Waals surface area contributed by atoms with Crippen LogP contribution >= 0.6 is 12.2 Å². The van der Waals surface area contributed by atoms with Gasteiger partial charge in [0.05, 0.1) is 17.8 Å². The van der Waals surface area contributed by atoms with Crippen LogP contribution in [0.4, 0.5) is 5.69 Å². The van der Waals surface area contributed by atoms with E-state index < -0.39 is 0 Å². The topological polar surface area (TPSA) is 58.0 Å². The van der Waals surface area contributed by atoms with Crippen molar-refractivity contribution in [2.24, 2.45) is 0 Å². The number of nitrogens with zero attached hydrogens (tertiary/aromatic N) is 4. The zero-order valence-corrected chi connectivity index (χ0v) is 21.8. The molecule has 184 valence electrons. The summed E-state index contributed by atoms with van der Waals surface area (Å²) in [6.07, 6.45) is 4.67. The lowest BCUT2D eigenvalue weighted by molar-refractivity contribution is 0.315. The van der Waals surface area contributed by atoms with E-state index in [0.29, 0.717) is 0 Å². The van der Waals surface area contributed by atoms with E-state index in [2.05, 4.69) is 83.3 Å². The molecule has 1 saturated heterocycles. The van der Waals surface area contributed by atoms with Crippen LogP contribution in [0.1, 0.15) is 46.7 Å². The van der Waals surface area contributed by atoms with Crippen LogP contribution in [-0.2, 0) is 0 Å². The second-order valence-corrected chi connectivity index (χ2v) is 9.66. The first kappa shape index (κ1) is 24.0. The molecular weight excluding hydrogens is 464 g/mol. The van der Waals surface area contributed by atoms with Crippen LogP contribution in [-0.4, -0.2) is 37.6 Å². The summed E-state index contributed by atoms with van der Waals surface area (Å²) in [6.45, 7) is 8.15. The van der Waals surface area contributed by atoms with Gasteiger partial charge in [-0.3, -0.25) is 4.98 Å². The van der Waals surface area contributed by atoms with E-state index in [4.69, 9.17) is 22.2 Å². The molecule has 1 aliphatic rings. The molecule has 3 aromatic heterocycles. The summed E-state index contributed by atoms with van der Waals surface area (Å²) in [6, 6.07) is 22.8. The highest BCUT2D eigenvalue weighted by molar-refractivity contribution is 7.80. The Bertz CT molecular complexity index is 1330. The average molecular weight is 497 g/mol. The fraction of sp³-hybridized carbons (Fsp3) is 0.276. The van der Waals surface area contributed by atoms with Gasteiger partial charge in [-0.2, -0.15) is 0 Å². The normalized spacial score (nSPS) is 17.3. The second kappa shape index (κ2) is 10.5. The van der Waals surface area contributed by atoms with Gasteiger partial charge in [0.25, 0.3) is 0 Å². The molecule has 6 nitrogen and oxygen atoms in total. The van der Waals surface area contributed by atoms with Crippen molar-refractivity contribution in [1.82, 2.24) is 24.8 Å². The number of hydrogen-bond donors (Lipinski definition) is 2. The lowest BCUT2D eigenvalue weighted by atomic mass is 9.96. The molecule has 4 heterocycles. The molecule has 4 aromatic rings. The first-order valence-electron chi connectivity index (χ1n) is 12.4. The molecule has 0 unspecified atom stereocenters. The number of thiocarbonyl (C=S) groups is 1. The van der Waals surface area contributed by atoms with Gasteiger partial charge in [0.1, 0.15) is 5.82 Å². The van der Waals surface area contributed by atoms with Crippen molar-refractivity contribution in [3.8, 4) is 5.82 Å². The molecule has 1 aliphatic heterocycles. The fourth-order valence-electron chi connectivity index (χ4n) is 5.15. The molecule has 0 saturated carbocycles. The molecule has 36 heavy (non-hydrogen) atoms. The number of para-hydroxylation sites is 1. The number of hydrogen-bond acceptors (Lipinski definition) is 4. The molecule has 7 heteroatoms. The third kappa shape index (κ3) is 4.71. The van der Waals surface area contributed by atoms with E-state index in [1.807, 2.05) is 36.7 Å². The maximum Gasteiger partial charge on any atom is 0.170 e. The SMILES string of the molecule is Cc1cccnc1-n1c(C)cc([C@@H]2[C@H](c3ccccn3)NC(=S)N2CCCNc2ccccc2)c1C. The van der Waals surface area contributed by atoms with Crippen molar-refractivity contribution < 1.29 is 0 Å². The molecule has 0 aliphatic carbocycles. The van der Waals surface area contributed by atoms with Gasteiger partial charge in [0.2, 0.25) is 0 Å². The Hall–Kier alpha value is -3.71. The first-order valence-corrected chi connectivity index (χ1v) is 12.8. The minimum absolute atomic E-state index is 0.0282. The van der Waals surface area contributed by atoms with Gasteiger partial charge in [-0.15, -0.1) is 0 Å². The smallest absolute Gasteiger partial charge is 0.170 e. The Morgan fingerprint density at radius 1 is 0.944 bits per heavy atom. The third-order valence-electron chi connectivity index (χ3n) is 6.86. The van der Waals surface area contributed by atoms with Crippen LogP contribution in [0.15, 0.2) is 79.1 Å². The zero-order valence-electron chi connectivity index (χ0n) is 21.0. The van der Waals surface area contributed by atoms with E-state index in [0.717, 1.165) is 53.1 Å². The number of rotatable bonds is 8. The highest BCUT2D eigenvalue weighted by atomic mass is 32.1. The Kier molecular flexibility index (Phi) is 7.00. The highest BCUT2D eigenvalue weighted by Gasteiger charge is 2.41. The molecule has 0 bridgehead atoms. The van der Waals surface area contributed by atoms with Crippen molar-refractivity contribution in [2.45, 2.75) is 39.3 Å². The summed E-state index contributed by atoms with van der Waals surface area (Å²) in [5.74, 6) is 0.972. The highest BCUT2D eigenvalue weighted by Crippen LogP contribution is 2.41. The van der Waals surface area contributed by atoms with Gasteiger partial charge in [0.15, 0.2) is 5.11 Å². The maximum atomic E-state index is 5.88. The standard InChI is InChI=1S/C29H32N6S/c1-20-11-9-16-32-28(20)35-21(2)19-24(22(35)3)27-26(25-14-7-8-15-31-25)33-29(36)34(27)18-10-17-30-23-12-5-4-6-13-23/h4-9,11-16,19,26-27,30H,10,17-18H2,1-3H3,(H,33,36)/t26-,27+/m0/s1. The number of aromatic nitrogens is 3. The van der Waals surface area contributed by atoms with Crippen LogP contribution in [0, 0.1) is 20.8 Å². The minimum Gasteiger partial charge on any atom is -0.385 e. The molecule has 0 amide bonds. The van der Waals surface area contributed by atoms with Crippen molar-refractivity contribution in [2.75, 3.05) is 18.4 Å². The molecule has 1 aromatic carbocycles. The Balaban J connectivity index is 1.46. The fourth-order valence-corrected chi connectivity index (χ4v) is 5.48. The molecule has 0 radical (unpaired) electrons. The molecule has 1 fully saturated rings. The summed E-state index contributed by atoms with van der Waals surface area (Å²) in [5, 5.41) is 7.87. The van der Waals surface area contributed by atoms with E-state index in [9.17, 15) is 0 Å². The average Bonchev–Trinajstić information content (AvgIpc) is 3.38. The van der Waals surface area contributed by atoms with Crippen LogP contribution in [0.3, 0.4) is 0 Å². The van der Waals surface area contributed by atoms with Crippen molar-refractivity contribution in [1.29, 1.82) is 0 Å². The van der Waals surface area contributed by atoms with Gasteiger partial charge in [0, 0.05) is 42.6 Å². The van der Waals surface area contributed by atoms with Gasteiger partial charge >= 0.3 is 0 Å². The predicted molar refractivity (Wildman–Crippen MR) is 149 cm³/mol. The van der Waals surface area contributed by atoms with E-state index in [1.54, 1.807) is 0 Å². The van der Waals surface area contributed by atoms with Crippen molar-refractivity contribution in [3.63, 3.8) is 0 Å². The third-order valence-corrected chi connectivity index (χ3v) is 7.21. The largest absolute Gasteiger partial charge is 0.385 e. The maximum absolute atomic E-state index is 5.88. The van der Waals surface area contributed by atoms with Crippen LogP contribution < -0.4 is 10.6 Å². The minimum atomic E-state index is -0.0282. The number of nitrogens with one attached hydrogen (secondary N) is 2. The molecule has 2 atom stereocenters. The van der Waals surface area contributed by atoms with Crippen LogP contribution in [0.5, 0.6) is 0 Å². The Morgan fingerprint density at radius 2 is 1.72 bits per heavy atom. The summed E-state index contributed by atoms with van der Waals surface area (Å²) < 4.78 is 2.26. The first-order chi connectivity index (χ1) is 17.5. The zero-order chi connectivity index (χ0) is 25.1. The quantitative estimate of drug-likeness (QED) is 0.242. The number of pyridine rings is 2. The van der Waals surface area contributed by atoms with E-state index >= 15 is 0 Å². The number of aryl methyl sites for hydroxylation is 2. The molecular formula is C29H32N6S. The summed E-state index contributed by atoms with van der Waals surface area (Å²) >= 11 is 5.88. The van der Waals surface area contributed by atoms with Gasteiger partial charge < -0.3 is 20.1 Å². The van der Waals surface area contributed by atoms with Gasteiger partial charge in [-0.1, -0.05) is 30.3 Å². The number of anilines is 1. The lowest BCUT2D eigenvalue weighted by Crippen LogP contribution is -2.31. The Labute approximate surface area is 218 Å². The lowest BCUT2D eigenvalue weighted by Gasteiger charge is -2.28.